The summed E-state index contributed by atoms with van der Waals surface area (Å²) in [4.78, 5) is 30.1. The van der Waals surface area contributed by atoms with Crippen LogP contribution in [0, 0.1) is 0 Å². The average Bonchev–Trinajstić information content (AvgIpc) is 3.16. The second-order valence-corrected chi connectivity index (χ2v) is 8.05. The zero-order valence-corrected chi connectivity index (χ0v) is 19.1. The molecule has 6 nitrogen and oxygen atoms in total. The summed E-state index contributed by atoms with van der Waals surface area (Å²) in [7, 11) is 0. The summed E-state index contributed by atoms with van der Waals surface area (Å²) < 4.78 is 1.90. The van der Waals surface area contributed by atoms with Gasteiger partial charge in [-0.1, -0.05) is 61.0 Å². The maximum absolute atomic E-state index is 12.9. The quantitative estimate of drug-likeness (QED) is 0.394. The zero-order valence-electron chi connectivity index (χ0n) is 18.3. The van der Waals surface area contributed by atoms with Crippen LogP contribution in [0.15, 0.2) is 72.8 Å². The molecular weight excluding hydrogens is 436 g/mol. The molecule has 4 rings (SSSR count). The molecule has 0 aliphatic heterocycles. The number of fused-ring (bicyclic) bond motifs is 1. The van der Waals surface area contributed by atoms with Gasteiger partial charge >= 0.3 is 0 Å². The van der Waals surface area contributed by atoms with Crippen LogP contribution in [-0.2, 0) is 24.2 Å². The van der Waals surface area contributed by atoms with E-state index >= 15 is 0 Å². The van der Waals surface area contributed by atoms with Crippen molar-refractivity contribution in [2.24, 2.45) is 0 Å². The van der Waals surface area contributed by atoms with E-state index in [1.54, 1.807) is 24.3 Å². The van der Waals surface area contributed by atoms with Gasteiger partial charge in [0.15, 0.2) is 0 Å². The number of nitrogens with zero attached hydrogens (tertiary/aromatic N) is 2. The molecular formula is C26H25ClN4O2. The Morgan fingerprint density at radius 2 is 1.70 bits per heavy atom. The predicted molar refractivity (Wildman–Crippen MR) is 132 cm³/mol. The van der Waals surface area contributed by atoms with E-state index in [9.17, 15) is 9.59 Å². The fourth-order valence-corrected chi connectivity index (χ4v) is 4.03. The Balaban J connectivity index is 1.49. The van der Waals surface area contributed by atoms with Crippen molar-refractivity contribution < 1.29 is 9.59 Å². The van der Waals surface area contributed by atoms with E-state index in [1.807, 2.05) is 53.1 Å². The third-order valence-corrected chi connectivity index (χ3v) is 5.79. The van der Waals surface area contributed by atoms with Crippen molar-refractivity contribution in [3.63, 3.8) is 0 Å². The Morgan fingerprint density at radius 1 is 0.970 bits per heavy atom. The number of carbonyl (C=O) groups excluding carboxylic acids is 2. The van der Waals surface area contributed by atoms with E-state index in [-0.39, 0.29) is 18.4 Å². The van der Waals surface area contributed by atoms with Gasteiger partial charge in [0.05, 0.1) is 21.6 Å². The van der Waals surface area contributed by atoms with E-state index in [0.29, 0.717) is 23.6 Å². The molecule has 0 saturated carbocycles. The molecule has 0 radical (unpaired) electrons. The summed E-state index contributed by atoms with van der Waals surface area (Å²) in [6.07, 6.45) is 1.31. The van der Waals surface area contributed by atoms with Gasteiger partial charge in [-0.15, -0.1) is 0 Å². The summed E-state index contributed by atoms with van der Waals surface area (Å²) in [5, 5.41) is 6.32. The molecule has 2 N–H and O–H groups in total. The lowest BCUT2D eigenvalue weighted by atomic mass is 10.1. The summed E-state index contributed by atoms with van der Waals surface area (Å²) >= 11 is 6.12. The summed E-state index contributed by atoms with van der Waals surface area (Å²) in [5.74, 6) is 0.368. The Bertz CT molecular complexity index is 1300. The van der Waals surface area contributed by atoms with Crippen molar-refractivity contribution in [2.75, 3.05) is 11.9 Å². The van der Waals surface area contributed by atoms with E-state index in [4.69, 9.17) is 16.6 Å². The second-order valence-electron chi connectivity index (χ2n) is 7.65. The zero-order chi connectivity index (χ0) is 23.2. The standard InChI is InChI=1S/C26H25ClN4O2/c1-2-18-9-3-6-12-21(18)30-25(32)17-31-23-14-8-7-13-22(23)29-24(31)15-16-28-26(33)19-10-4-5-11-20(19)27/h3-14H,2,15-17H2,1H3,(H,28,33)(H,30,32). The molecule has 0 atom stereocenters. The number of amides is 2. The molecule has 33 heavy (non-hydrogen) atoms. The molecule has 0 aliphatic carbocycles. The van der Waals surface area contributed by atoms with Crippen LogP contribution in [0.4, 0.5) is 5.69 Å². The van der Waals surface area contributed by atoms with Gasteiger partial charge in [-0.3, -0.25) is 9.59 Å². The van der Waals surface area contributed by atoms with Crippen LogP contribution in [0.2, 0.25) is 5.02 Å². The molecule has 1 heterocycles. The van der Waals surface area contributed by atoms with Crippen LogP contribution in [0.1, 0.15) is 28.7 Å². The topological polar surface area (TPSA) is 76.0 Å². The van der Waals surface area contributed by atoms with Gasteiger partial charge < -0.3 is 15.2 Å². The maximum Gasteiger partial charge on any atom is 0.252 e. The second kappa shape index (κ2) is 10.3. The molecule has 0 fully saturated rings. The van der Waals surface area contributed by atoms with Gasteiger partial charge in [-0.2, -0.15) is 0 Å². The Hall–Kier alpha value is -3.64. The van der Waals surface area contributed by atoms with Crippen LogP contribution in [0.3, 0.4) is 0 Å². The number of halogens is 1. The molecule has 0 aliphatic rings. The van der Waals surface area contributed by atoms with E-state index in [1.165, 1.54) is 0 Å². The summed E-state index contributed by atoms with van der Waals surface area (Å²) in [6, 6.07) is 22.4. The molecule has 0 bridgehead atoms. The lowest BCUT2D eigenvalue weighted by molar-refractivity contribution is -0.116. The van der Waals surface area contributed by atoms with Crippen molar-refractivity contribution in [3.8, 4) is 0 Å². The number of hydrogen-bond acceptors (Lipinski definition) is 3. The highest BCUT2D eigenvalue weighted by atomic mass is 35.5. The first-order valence-electron chi connectivity index (χ1n) is 10.9. The lowest BCUT2D eigenvalue weighted by Crippen LogP contribution is -2.27. The molecule has 4 aromatic rings. The van der Waals surface area contributed by atoms with Crippen LogP contribution in [-0.4, -0.2) is 27.9 Å². The predicted octanol–water partition coefficient (Wildman–Crippen LogP) is 4.86. The first-order chi connectivity index (χ1) is 16.1. The van der Waals surface area contributed by atoms with E-state index < -0.39 is 0 Å². The highest BCUT2D eigenvalue weighted by molar-refractivity contribution is 6.33. The summed E-state index contributed by atoms with van der Waals surface area (Å²) in [5.41, 5.74) is 4.03. The maximum atomic E-state index is 12.9. The number of anilines is 1. The van der Waals surface area contributed by atoms with Crippen molar-refractivity contribution in [2.45, 2.75) is 26.3 Å². The summed E-state index contributed by atoms with van der Waals surface area (Å²) in [6.45, 7) is 2.56. The Morgan fingerprint density at radius 3 is 2.52 bits per heavy atom. The number of benzene rings is 3. The third kappa shape index (κ3) is 5.23. The van der Waals surface area contributed by atoms with Crippen LogP contribution >= 0.6 is 11.6 Å². The minimum atomic E-state index is -0.239. The van der Waals surface area contributed by atoms with Gasteiger partial charge in [0.1, 0.15) is 12.4 Å². The number of hydrogen-bond donors (Lipinski definition) is 2. The number of rotatable bonds is 8. The first kappa shape index (κ1) is 22.6. The fourth-order valence-electron chi connectivity index (χ4n) is 3.80. The monoisotopic (exact) mass is 460 g/mol. The van der Waals surface area contributed by atoms with Crippen LogP contribution in [0.5, 0.6) is 0 Å². The molecule has 168 valence electrons. The number of aromatic nitrogens is 2. The van der Waals surface area contributed by atoms with Gasteiger partial charge in [0, 0.05) is 18.7 Å². The molecule has 1 aromatic heterocycles. The molecule has 0 unspecified atom stereocenters. The van der Waals surface area contributed by atoms with Crippen molar-refractivity contribution in [3.05, 3.63) is 94.8 Å². The van der Waals surface area contributed by atoms with E-state index in [2.05, 4.69) is 17.6 Å². The van der Waals surface area contributed by atoms with E-state index in [0.717, 1.165) is 34.5 Å². The Kier molecular flexibility index (Phi) is 7.05. The number of nitrogens with one attached hydrogen (secondary N) is 2. The van der Waals surface area contributed by atoms with Gasteiger partial charge in [0.2, 0.25) is 5.91 Å². The molecule has 0 spiro atoms. The number of para-hydroxylation sites is 3. The first-order valence-corrected chi connectivity index (χ1v) is 11.3. The average molecular weight is 461 g/mol. The number of imidazole rings is 1. The number of carbonyl (C=O) groups is 2. The highest BCUT2D eigenvalue weighted by Gasteiger charge is 2.15. The highest BCUT2D eigenvalue weighted by Crippen LogP contribution is 2.19. The third-order valence-electron chi connectivity index (χ3n) is 5.46. The number of aryl methyl sites for hydroxylation is 1. The minimum Gasteiger partial charge on any atom is -0.352 e. The van der Waals surface area contributed by atoms with Gasteiger partial charge in [-0.05, 0) is 42.3 Å². The molecule has 0 saturated heterocycles. The fraction of sp³-hybridized carbons (Fsp3) is 0.192. The smallest absolute Gasteiger partial charge is 0.252 e. The molecule has 2 amide bonds. The van der Waals surface area contributed by atoms with Gasteiger partial charge in [0.25, 0.3) is 5.91 Å². The Labute approximate surface area is 197 Å². The lowest BCUT2D eigenvalue weighted by Gasteiger charge is -2.13. The SMILES string of the molecule is CCc1ccccc1NC(=O)Cn1c(CCNC(=O)c2ccccc2Cl)nc2ccccc21. The van der Waals surface area contributed by atoms with Crippen molar-refractivity contribution in [1.29, 1.82) is 0 Å². The largest absolute Gasteiger partial charge is 0.352 e. The van der Waals surface area contributed by atoms with Crippen molar-refractivity contribution in [1.82, 2.24) is 14.9 Å². The normalized spacial score (nSPS) is 10.8. The minimum absolute atomic E-state index is 0.125. The van der Waals surface area contributed by atoms with Crippen LogP contribution in [0.25, 0.3) is 11.0 Å². The molecule has 3 aromatic carbocycles. The van der Waals surface area contributed by atoms with Crippen LogP contribution < -0.4 is 10.6 Å². The van der Waals surface area contributed by atoms with Gasteiger partial charge in [-0.25, -0.2) is 4.98 Å². The molecule has 7 heteroatoms. The van der Waals surface area contributed by atoms with Crippen molar-refractivity contribution >= 4 is 40.1 Å².